The fourth-order valence-electron chi connectivity index (χ4n) is 2.35. The predicted octanol–water partition coefficient (Wildman–Crippen LogP) is 2.99. The average molecular weight is 407 g/mol. The lowest BCUT2D eigenvalue weighted by atomic mass is 10.2. The Hall–Kier alpha value is -2.42. The Morgan fingerprint density at radius 2 is 1.82 bits per heavy atom. The molecule has 7 nitrogen and oxygen atoms in total. The molecule has 0 bridgehead atoms. The van der Waals surface area contributed by atoms with Crippen molar-refractivity contribution in [3.05, 3.63) is 54.1 Å². The van der Waals surface area contributed by atoms with E-state index in [-0.39, 0.29) is 16.5 Å². The molecule has 1 amide bonds. The zero-order valence-electron chi connectivity index (χ0n) is 16.5. The van der Waals surface area contributed by atoms with Gasteiger partial charge in [0.05, 0.1) is 11.5 Å². The first-order valence-corrected chi connectivity index (χ1v) is 10.3. The van der Waals surface area contributed by atoms with E-state index < -0.39 is 15.9 Å². The normalized spacial score (nSPS) is 11.6. The molecule has 2 aromatic rings. The Balaban J connectivity index is 2.17. The molecule has 0 unspecified atom stereocenters. The summed E-state index contributed by atoms with van der Waals surface area (Å²) in [6.45, 7) is 4.44. The molecular weight excluding hydrogens is 380 g/mol. The van der Waals surface area contributed by atoms with Gasteiger partial charge in [-0.15, -0.1) is 0 Å². The highest BCUT2D eigenvalue weighted by atomic mass is 32.2. The quantitative estimate of drug-likeness (QED) is 0.647. The molecule has 0 fully saturated rings. The van der Waals surface area contributed by atoms with Crippen molar-refractivity contribution in [2.75, 3.05) is 32.7 Å². The highest BCUT2D eigenvalue weighted by molar-refractivity contribution is 7.89. The van der Waals surface area contributed by atoms with Crippen molar-refractivity contribution in [2.45, 2.75) is 24.8 Å². The summed E-state index contributed by atoms with van der Waals surface area (Å²) in [6, 6.07) is 12.8. The molecule has 0 spiro atoms. The molecule has 0 atom stereocenters. The summed E-state index contributed by atoms with van der Waals surface area (Å²) in [7, 11) is -0.559. The van der Waals surface area contributed by atoms with E-state index in [0.29, 0.717) is 24.7 Å². The summed E-state index contributed by atoms with van der Waals surface area (Å²) in [5.41, 5.74) is 0.802. The Kier molecular flexibility index (Phi) is 7.56. The second kappa shape index (κ2) is 9.68. The summed E-state index contributed by atoms with van der Waals surface area (Å²) in [5.74, 6) is 0.197. The second-order valence-electron chi connectivity index (χ2n) is 6.47. The van der Waals surface area contributed by atoms with E-state index in [2.05, 4.69) is 5.32 Å². The standard InChI is InChI=1S/C20H26N2O5S/c1-15(2)22(3)28(24,25)19-10-5-7-16(13-19)20(23)21-17-8-6-9-18(14-17)27-12-11-26-4/h5-10,13-15H,11-12H2,1-4H3,(H,21,23). The van der Waals surface area contributed by atoms with Gasteiger partial charge in [0.1, 0.15) is 12.4 Å². The molecule has 0 saturated heterocycles. The lowest BCUT2D eigenvalue weighted by molar-refractivity contribution is 0.102. The fraction of sp³-hybridized carbons (Fsp3) is 0.350. The van der Waals surface area contributed by atoms with Crippen molar-refractivity contribution in [3.8, 4) is 5.75 Å². The first-order valence-electron chi connectivity index (χ1n) is 8.87. The molecule has 0 heterocycles. The lowest BCUT2D eigenvalue weighted by Crippen LogP contribution is -2.33. The van der Waals surface area contributed by atoms with E-state index in [1.54, 1.807) is 57.4 Å². The number of nitrogens with zero attached hydrogens (tertiary/aromatic N) is 1. The van der Waals surface area contributed by atoms with Crippen LogP contribution >= 0.6 is 0 Å². The SMILES string of the molecule is COCCOc1cccc(NC(=O)c2cccc(S(=O)(=O)N(C)C(C)C)c2)c1. The molecular formula is C20H26N2O5S. The van der Waals surface area contributed by atoms with Gasteiger partial charge in [0.2, 0.25) is 10.0 Å². The van der Waals surface area contributed by atoms with Gasteiger partial charge in [-0.1, -0.05) is 12.1 Å². The maximum Gasteiger partial charge on any atom is 0.255 e. The number of hydrogen-bond donors (Lipinski definition) is 1. The molecule has 0 aliphatic carbocycles. The van der Waals surface area contributed by atoms with Crippen LogP contribution in [-0.4, -0.2) is 52.0 Å². The number of sulfonamides is 1. The molecule has 0 aromatic heterocycles. The molecule has 0 radical (unpaired) electrons. The zero-order chi connectivity index (χ0) is 20.7. The maximum atomic E-state index is 12.6. The molecule has 2 rings (SSSR count). The van der Waals surface area contributed by atoms with Gasteiger partial charge < -0.3 is 14.8 Å². The third-order valence-corrected chi connectivity index (χ3v) is 6.18. The van der Waals surface area contributed by atoms with Crippen molar-refractivity contribution in [1.82, 2.24) is 4.31 Å². The minimum Gasteiger partial charge on any atom is -0.491 e. The van der Waals surface area contributed by atoms with Gasteiger partial charge in [-0.25, -0.2) is 8.42 Å². The Morgan fingerprint density at radius 3 is 2.50 bits per heavy atom. The molecule has 0 saturated carbocycles. The van der Waals surface area contributed by atoms with Crippen LogP contribution in [0.2, 0.25) is 0 Å². The highest BCUT2D eigenvalue weighted by Gasteiger charge is 2.23. The number of ether oxygens (including phenoxy) is 2. The molecule has 2 aromatic carbocycles. The minimum atomic E-state index is -3.67. The van der Waals surface area contributed by atoms with Gasteiger partial charge in [-0.2, -0.15) is 4.31 Å². The number of methoxy groups -OCH3 is 1. The van der Waals surface area contributed by atoms with Crippen molar-refractivity contribution >= 4 is 21.6 Å². The smallest absolute Gasteiger partial charge is 0.255 e. The summed E-state index contributed by atoms with van der Waals surface area (Å²) in [6.07, 6.45) is 0. The zero-order valence-corrected chi connectivity index (χ0v) is 17.3. The summed E-state index contributed by atoms with van der Waals surface area (Å²) >= 11 is 0. The van der Waals surface area contributed by atoms with E-state index in [1.165, 1.54) is 23.5 Å². The number of anilines is 1. The largest absolute Gasteiger partial charge is 0.491 e. The average Bonchev–Trinajstić information content (AvgIpc) is 2.68. The van der Waals surface area contributed by atoms with Crippen molar-refractivity contribution in [1.29, 1.82) is 0 Å². The third kappa shape index (κ3) is 5.54. The van der Waals surface area contributed by atoms with Crippen LogP contribution in [0.25, 0.3) is 0 Å². The van der Waals surface area contributed by atoms with Crippen LogP contribution in [0.3, 0.4) is 0 Å². The van der Waals surface area contributed by atoms with E-state index in [1.807, 2.05) is 0 Å². The van der Waals surface area contributed by atoms with Crippen molar-refractivity contribution in [2.24, 2.45) is 0 Å². The molecule has 0 aliphatic heterocycles. The Labute approximate surface area is 166 Å². The van der Waals surface area contributed by atoms with E-state index in [4.69, 9.17) is 9.47 Å². The van der Waals surface area contributed by atoms with Gasteiger partial charge in [-0.05, 0) is 44.2 Å². The molecule has 1 N–H and O–H groups in total. The molecule has 28 heavy (non-hydrogen) atoms. The maximum absolute atomic E-state index is 12.6. The molecule has 8 heteroatoms. The first-order chi connectivity index (χ1) is 13.3. The molecule has 152 valence electrons. The Bertz CT molecular complexity index is 912. The number of hydrogen-bond acceptors (Lipinski definition) is 5. The van der Waals surface area contributed by atoms with Crippen LogP contribution in [-0.2, 0) is 14.8 Å². The first kappa shape index (κ1) is 21.9. The number of nitrogens with one attached hydrogen (secondary N) is 1. The Morgan fingerprint density at radius 1 is 1.11 bits per heavy atom. The predicted molar refractivity (Wildman–Crippen MR) is 108 cm³/mol. The van der Waals surface area contributed by atoms with E-state index >= 15 is 0 Å². The topological polar surface area (TPSA) is 84.9 Å². The van der Waals surface area contributed by atoms with Crippen LogP contribution in [0.1, 0.15) is 24.2 Å². The number of carbonyl (C=O) groups is 1. The van der Waals surface area contributed by atoms with E-state index in [9.17, 15) is 13.2 Å². The minimum absolute atomic E-state index is 0.0769. The van der Waals surface area contributed by atoms with Gasteiger partial charge >= 0.3 is 0 Å². The van der Waals surface area contributed by atoms with Crippen LogP contribution < -0.4 is 10.1 Å². The lowest BCUT2D eigenvalue weighted by Gasteiger charge is -2.21. The highest BCUT2D eigenvalue weighted by Crippen LogP contribution is 2.20. The second-order valence-corrected chi connectivity index (χ2v) is 8.46. The van der Waals surface area contributed by atoms with E-state index in [0.717, 1.165) is 0 Å². The third-order valence-electron chi connectivity index (χ3n) is 4.15. The fourth-order valence-corrected chi connectivity index (χ4v) is 3.77. The number of carbonyl (C=O) groups excluding carboxylic acids is 1. The number of amides is 1. The van der Waals surface area contributed by atoms with Crippen molar-refractivity contribution in [3.63, 3.8) is 0 Å². The van der Waals surface area contributed by atoms with Crippen LogP contribution in [0.15, 0.2) is 53.4 Å². The number of rotatable bonds is 9. The van der Waals surface area contributed by atoms with Crippen LogP contribution in [0.5, 0.6) is 5.75 Å². The van der Waals surface area contributed by atoms with Crippen molar-refractivity contribution < 1.29 is 22.7 Å². The van der Waals surface area contributed by atoms with Gasteiger partial charge in [0.25, 0.3) is 5.91 Å². The molecule has 0 aliphatic rings. The monoisotopic (exact) mass is 406 g/mol. The summed E-state index contributed by atoms with van der Waals surface area (Å²) in [4.78, 5) is 12.7. The van der Waals surface area contributed by atoms with Gasteiger partial charge in [-0.3, -0.25) is 4.79 Å². The van der Waals surface area contributed by atoms with Crippen LogP contribution in [0, 0.1) is 0 Å². The van der Waals surface area contributed by atoms with Gasteiger partial charge in [0.15, 0.2) is 0 Å². The van der Waals surface area contributed by atoms with Gasteiger partial charge in [0, 0.05) is 37.5 Å². The van der Waals surface area contributed by atoms with Crippen LogP contribution in [0.4, 0.5) is 5.69 Å². The summed E-state index contributed by atoms with van der Waals surface area (Å²) in [5, 5.41) is 2.76. The number of benzene rings is 2. The summed E-state index contributed by atoms with van der Waals surface area (Å²) < 4.78 is 37.0.